The van der Waals surface area contributed by atoms with Crippen LogP contribution in [0.25, 0.3) is 0 Å². The molecular weight excluding hydrogens is 296 g/mol. The molecular formula is C21H30N2O. The monoisotopic (exact) mass is 326 g/mol. The van der Waals surface area contributed by atoms with E-state index >= 15 is 0 Å². The van der Waals surface area contributed by atoms with Crippen LogP contribution in [0, 0.1) is 5.92 Å². The standard InChI is InChI=1S/C21H30N2O/c1-22(2)20(24)13-17-14-21(19-6-4-3-5-18(17)19)9-11-23(12-10-21)15-16-7-8-16/h3-6,16-17H,7-15H2,1-2H3. The largest absolute Gasteiger partial charge is 0.349 e. The van der Waals surface area contributed by atoms with Crippen LogP contribution in [-0.4, -0.2) is 49.4 Å². The molecule has 3 nitrogen and oxygen atoms in total. The number of fused-ring (bicyclic) bond motifs is 2. The Morgan fingerprint density at radius 1 is 1.21 bits per heavy atom. The summed E-state index contributed by atoms with van der Waals surface area (Å²) in [7, 11) is 3.74. The number of carbonyl (C=O) groups is 1. The zero-order valence-electron chi connectivity index (χ0n) is 15.1. The SMILES string of the molecule is CN(C)C(=O)CC1CC2(CCN(CC3CC3)CC2)c2ccccc21. The fourth-order valence-electron chi connectivity index (χ4n) is 4.91. The Morgan fingerprint density at radius 2 is 1.92 bits per heavy atom. The molecule has 1 amide bonds. The summed E-state index contributed by atoms with van der Waals surface area (Å²) in [5.74, 6) is 1.66. The molecule has 1 spiro atoms. The highest BCUT2D eigenvalue weighted by Gasteiger charge is 2.45. The van der Waals surface area contributed by atoms with Crippen molar-refractivity contribution in [2.45, 2.75) is 49.9 Å². The number of hydrogen-bond donors (Lipinski definition) is 0. The summed E-state index contributed by atoms with van der Waals surface area (Å²) in [5.41, 5.74) is 3.32. The first-order chi connectivity index (χ1) is 11.6. The second-order valence-corrected chi connectivity index (χ2v) is 8.50. The first-order valence-corrected chi connectivity index (χ1v) is 9.59. The van der Waals surface area contributed by atoms with Crippen molar-refractivity contribution in [2.24, 2.45) is 5.92 Å². The van der Waals surface area contributed by atoms with Crippen molar-refractivity contribution in [3.63, 3.8) is 0 Å². The van der Waals surface area contributed by atoms with Gasteiger partial charge in [-0.1, -0.05) is 24.3 Å². The van der Waals surface area contributed by atoms with E-state index in [0.29, 0.717) is 17.8 Å². The molecule has 130 valence electrons. The normalized spacial score (nSPS) is 25.7. The number of nitrogens with zero attached hydrogens (tertiary/aromatic N) is 2. The molecule has 4 rings (SSSR count). The van der Waals surface area contributed by atoms with Gasteiger partial charge in [0.05, 0.1) is 0 Å². The van der Waals surface area contributed by atoms with Crippen molar-refractivity contribution >= 4 is 5.91 Å². The van der Waals surface area contributed by atoms with Crippen LogP contribution in [0.5, 0.6) is 0 Å². The summed E-state index contributed by atoms with van der Waals surface area (Å²) in [6.07, 6.45) is 7.26. The molecule has 1 saturated heterocycles. The van der Waals surface area contributed by atoms with Gasteiger partial charge in [0, 0.05) is 27.1 Å². The molecule has 1 saturated carbocycles. The number of likely N-dealkylation sites (tertiary alicyclic amines) is 1. The lowest BCUT2D eigenvalue weighted by molar-refractivity contribution is -0.129. The second-order valence-electron chi connectivity index (χ2n) is 8.50. The third-order valence-corrected chi connectivity index (χ3v) is 6.56. The van der Waals surface area contributed by atoms with E-state index in [-0.39, 0.29) is 5.91 Å². The highest BCUT2D eigenvalue weighted by atomic mass is 16.2. The van der Waals surface area contributed by atoms with Gasteiger partial charge in [-0.3, -0.25) is 4.79 Å². The molecule has 1 aromatic rings. The van der Waals surface area contributed by atoms with E-state index in [1.165, 1.54) is 57.3 Å². The predicted octanol–water partition coefficient (Wildman–Crippen LogP) is 3.40. The number of piperidine rings is 1. The number of rotatable bonds is 4. The average Bonchev–Trinajstić information content (AvgIpc) is 3.35. The molecule has 0 N–H and O–H groups in total. The molecule has 0 aromatic heterocycles. The topological polar surface area (TPSA) is 23.6 Å². The fourth-order valence-corrected chi connectivity index (χ4v) is 4.91. The van der Waals surface area contributed by atoms with Gasteiger partial charge in [-0.15, -0.1) is 0 Å². The molecule has 3 aliphatic rings. The van der Waals surface area contributed by atoms with E-state index < -0.39 is 0 Å². The molecule has 2 fully saturated rings. The summed E-state index contributed by atoms with van der Waals surface area (Å²) in [4.78, 5) is 16.7. The number of benzene rings is 1. The van der Waals surface area contributed by atoms with Crippen LogP contribution in [0.1, 0.15) is 55.6 Å². The van der Waals surface area contributed by atoms with Crippen molar-refractivity contribution in [3.8, 4) is 0 Å². The van der Waals surface area contributed by atoms with Crippen LogP contribution in [-0.2, 0) is 10.2 Å². The maximum Gasteiger partial charge on any atom is 0.222 e. The van der Waals surface area contributed by atoms with Crippen molar-refractivity contribution in [1.29, 1.82) is 0 Å². The van der Waals surface area contributed by atoms with Gasteiger partial charge < -0.3 is 9.80 Å². The lowest BCUT2D eigenvalue weighted by Gasteiger charge is -2.40. The molecule has 2 aliphatic carbocycles. The maximum absolute atomic E-state index is 12.3. The van der Waals surface area contributed by atoms with E-state index in [4.69, 9.17) is 0 Å². The molecule has 1 atom stereocenters. The average molecular weight is 326 g/mol. The molecule has 1 unspecified atom stereocenters. The summed E-state index contributed by atoms with van der Waals surface area (Å²) < 4.78 is 0. The van der Waals surface area contributed by atoms with Crippen LogP contribution in [0.4, 0.5) is 0 Å². The number of amides is 1. The Bertz CT molecular complexity index is 612. The molecule has 3 heteroatoms. The van der Waals surface area contributed by atoms with Crippen LogP contribution < -0.4 is 0 Å². The number of hydrogen-bond acceptors (Lipinski definition) is 2. The summed E-state index contributed by atoms with van der Waals surface area (Å²) in [6.45, 7) is 3.79. The zero-order valence-corrected chi connectivity index (χ0v) is 15.1. The molecule has 0 bridgehead atoms. The first kappa shape index (κ1) is 16.1. The third kappa shape index (κ3) is 2.99. The Hall–Kier alpha value is -1.35. The quantitative estimate of drug-likeness (QED) is 0.847. The Balaban J connectivity index is 1.51. The van der Waals surface area contributed by atoms with E-state index in [1.54, 1.807) is 10.5 Å². The molecule has 1 aliphatic heterocycles. The summed E-state index contributed by atoms with van der Waals surface area (Å²) in [5, 5.41) is 0. The number of carbonyl (C=O) groups excluding carboxylic acids is 1. The van der Waals surface area contributed by atoms with E-state index in [1.807, 2.05) is 14.1 Å². The van der Waals surface area contributed by atoms with Crippen molar-refractivity contribution in [2.75, 3.05) is 33.7 Å². The van der Waals surface area contributed by atoms with Gasteiger partial charge in [0.1, 0.15) is 0 Å². The van der Waals surface area contributed by atoms with Crippen LogP contribution in [0.3, 0.4) is 0 Å². The van der Waals surface area contributed by atoms with E-state index in [2.05, 4.69) is 29.2 Å². The van der Waals surface area contributed by atoms with Gasteiger partial charge in [0.15, 0.2) is 0 Å². The molecule has 1 aromatic carbocycles. The molecule has 24 heavy (non-hydrogen) atoms. The lowest BCUT2D eigenvalue weighted by atomic mass is 9.73. The lowest BCUT2D eigenvalue weighted by Crippen LogP contribution is -2.42. The van der Waals surface area contributed by atoms with Crippen LogP contribution in [0.2, 0.25) is 0 Å². The summed E-state index contributed by atoms with van der Waals surface area (Å²) in [6, 6.07) is 8.95. The van der Waals surface area contributed by atoms with Crippen LogP contribution in [0.15, 0.2) is 24.3 Å². The minimum absolute atomic E-state index is 0.262. The van der Waals surface area contributed by atoms with E-state index in [9.17, 15) is 4.79 Å². The highest BCUT2D eigenvalue weighted by Crippen LogP contribution is 2.52. The highest BCUT2D eigenvalue weighted by molar-refractivity contribution is 5.77. The second kappa shape index (κ2) is 6.18. The molecule has 1 heterocycles. The minimum Gasteiger partial charge on any atom is -0.349 e. The minimum atomic E-state index is 0.262. The van der Waals surface area contributed by atoms with Crippen molar-refractivity contribution in [3.05, 3.63) is 35.4 Å². The van der Waals surface area contributed by atoms with Gasteiger partial charge >= 0.3 is 0 Å². The van der Waals surface area contributed by atoms with Crippen molar-refractivity contribution in [1.82, 2.24) is 9.80 Å². The fraction of sp³-hybridized carbons (Fsp3) is 0.667. The maximum atomic E-state index is 12.3. The van der Waals surface area contributed by atoms with Gasteiger partial charge in [-0.25, -0.2) is 0 Å². The van der Waals surface area contributed by atoms with Crippen LogP contribution >= 0.6 is 0 Å². The Labute approximate surface area is 146 Å². The first-order valence-electron chi connectivity index (χ1n) is 9.59. The predicted molar refractivity (Wildman–Crippen MR) is 97.2 cm³/mol. The Kier molecular flexibility index (Phi) is 4.16. The van der Waals surface area contributed by atoms with Gasteiger partial charge in [0.25, 0.3) is 0 Å². The van der Waals surface area contributed by atoms with Gasteiger partial charge in [-0.05, 0) is 73.6 Å². The third-order valence-electron chi connectivity index (χ3n) is 6.56. The smallest absolute Gasteiger partial charge is 0.222 e. The van der Waals surface area contributed by atoms with Crippen molar-refractivity contribution < 1.29 is 4.79 Å². The van der Waals surface area contributed by atoms with E-state index in [0.717, 1.165) is 5.92 Å². The zero-order chi connectivity index (χ0) is 16.7. The molecule has 0 radical (unpaired) electrons. The Morgan fingerprint density at radius 3 is 2.58 bits per heavy atom. The summed E-state index contributed by atoms with van der Waals surface area (Å²) >= 11 is 0. The van der Waals surface area contributed by atoms with Gasteiger partial charge in [-0.2, -0.15) is 0 Å². The van der Waals surface area contributed by atoms with Gasteiger partial charge in [0.2, 0.25) is 5.91 Å².